The molecule has 2 unspecified atom stereocenters. The van der Waals surface area contributed by atoms with E-state index in [2.05, 4.69) is 16.8 Å². The van der Waals surface area contributed by atoms with E-state index in [1.807, 2.05) is 12.1 Å². The van der Waals surface area contributed by atoms with Crippen LogP contribution in [0.25, 0.3) is 0 Å². The zero-order valence-electron chi connectivity index (χ0n) is 10.7. The molecule has 1 aliphatic rings. The second-order valence-electron chi connectivity index (χ2n) is 4.78. The zero-order valence-corrected chi connectivity index (χ0v) is 10.7. The van der Waals surface area contributed by atoms with Crippen molar-refractivity contribution < 1.29 is 9.84 Å². The number of pyridine rings is 1. The first-order chi connectivity index (χ1) is 8.72. The van der Waals surface area contributed by atoms with E-state index in [0.717, 1.165) is 18.8 Å². The lowest BCUT2D eigenvalue weighted by Crippen LogP contribution is -2.48. The first kappa shape index (κ1) is 13.4. The van der Waals surface area contributed by atoms with Crippen LogP contribution in [0.1, 0.15) is 18.2 Å². The highest BCUT2D eigenvalue weighted by Gasteiger charge is 2.25. The summed E-state index contributed by atoms with van der Waals surface area (Å²) in [4.78, 5) is 6.51. The predicted octanol–water partition coefficient (Wildman–Crippen LogP) is 0.122. The molecule has 0 radical (unpaired) electrons. The Morgan fingerprint density at radius 2 is 2.44 bits per heavy atom. The van der Waals surface area contributed by atoms with Crippen molar-refractivity contribution in [1.82, 2.24) is 9.88 Å². The molecule has 0 aromatic carbocycles. The maximum absolute atomic E-state index is 9.17. The van der Waals surface area contributed by atoms with Crippen LogP contribution in [0.2, 0.25) is 0 Å². The minimum atomic E-state index is -0.0722. The highest BCUT2D eigenvalue weighted by Crippen LogP contribution is 2.15. The molecule has 1 aromatic heterocycles. The number of hydrogen-bond donors (Lipinski definition) is 2. The van der Waals surface area contributed by atoms with Gasteiger partial charge in [-0.25, -0.2) is 0 Å². The molecular formula is C13H21N3O2. The van der Waals surface area contributed by atoms with Gasteiger partial charge in [-0.2, -0.15) is 0 Å². The van der Waals surface area contributed by atoms with Gasteiger partial charge < -0.3 is 15.6 Å². The lowest BCUT2D eigenvalue weighted by atomic mass is 10.1. The minimum Gasteiger partial charge on any atom is -0.394 e. The molecule has 0 saturated carbocycles. The van der Waals surface area contributed by atoms with Gasteiger partial charge in [0.15, 0.2) is 0 Å². The number of nitrogens with zero attached hydrogens (tertiary/aromatic N) is 2. The quantitative estimate of drug-likeness (QED) is 0.795. The van der Waals surface area contributed by atoms with Crippen LogP contribution in [0.3, 0.4) is 0 Å². The van der Waals surface area contributed by atoms with E-state index in [1.165, 1.54) is 5.56 Å². The molecule has 0 bridgehead atoms. The second-order valence-corrected chi connectivity index (χ2v) is 4.78. The summed E-state index contributed by atoms with van der Waals surface area (Å²) in [5, 5.41) is 9.17. The van der Waals surface area contributed by atoms with Crippen LogP contribution < -0.4 is 5.73 Å². The van der Waals surface area contributed by atoms with Gasteiger partial charge in [-0.3, -0.25) is 9.88 Å². The van der Waals surface area contributed by atoms with Gasteiger partial charge in [-0.05, 0) is 24.6 Å². The third-order valence-electron chi connectivity index (χ3n) is 3.31. The molecular weight excluding hydrogens is 230 g/mol. The summed E-state index contributed by atoms with van der Waals surface area (Å²) in [7, 11) is 0. The predicted molar refractivity (Wildman–Crippen MR) is 68.8 cm³/mol. The van der Waals surface area contributed by atoms with Crippen molar-refractivity contribution in [1.29, 1.82) is 0 Å². The number of aliphatic hydroxyl groups excluding tert-OH is 1. The molecule has 100 valence electrons. The van der Waals surface area contributed by atoms with Crippen LogP contribution in [0.4, 0.5) is 0 Å². The monoisotopic (exact) mass is 251 g/mol. The molecule has 5 heteroatoms. The van der Waals surface area contributed by atoms with Gasteiger partial charge in [-0.15, -0.1) is 0 Å². The van der Waals surface area contributed by atoms with Crippen LogP contribution in [-0.2, 0) is 17.8 Å². The fourth-order valence-electron chi connectivity index (χ4n) is 2.18. The fraction of sp³-hybridized carbons (Fsp3) is 0.615. The van der Waals surface area contributed by atoms with E-state index < -0.39 is 0 Å². The Hall–Kier alpha value is -1.01. The molecule has 0 aliphatic carbocycles. The number of aliphatic hydroxyl groups is 1. The molecule has 2 heterocycles. The van der Waals surface area contributed by atoms with Gasteiger partial charge in [0, 0.05) is 31.9 Å². The average Bonchev–Trinajstić information content (AvgIpc) is 2.41. The summed E-state index contributed by atoms with van der Waals surface area (Å²) in [5.41, 5.74) is 7.71. The van der Waals surface area contributed by atoms with Crippen LogP contribution >= 0.6 is 0 Å². The molecule has 1 fully saturated rings. The van der Waals surface area contributed by atoms with Gasteiger partial charge in [-0.1, -0.05) is 0 Å². The molecule has 18 heavy (non-hydrogen) atoms. The first-order valence-electron chi connectivity index (χ1n) is 6.33. The van der Waals surface area contributed by atoms with Crippen molar-refractivity contribution in [2.75, 3.05) is 19.8 Å². The first-order valence-corrected chi connectivity index (χ1v) is 6.33. The fourth-order valence-corrected chi connectivity index (χ4v) is 2.18. The standard InChI is InChI=1S/C13H21N3O2/c1-10-9-18-13(8-17)7-16(10)6-11-2-3-15-12(4-11)5-14/h2-4,10,13,17H,5-9,14H2,1H3. The number of morpholine rings is 1. The summed E-state index contributed by atoms with van der Waals surface area (Å²) in [6, 6.07) is 4.41. The lowest BCUT2D eigenvalue weighted by Gasteiger charge is -2.37. The summed E-state index contributed by atoms with van der Waals surface area (Å²) in [5.74, 6) is 0. The van der Waals surface area contributed by atoms with Crippen LogP contribution in [0.15, 0.2) is 18.3 Å². The normalized spacial score (nSPS) is 25.3. The molecule has 0 amide bonds. The number of hydrogen-bond acceptors (Lipinski definition) is 5. The minimum absolute atomic E-state index is 0.0722. The highest BCUT2D eigenvalue weighted by atomic mass is 16.5. The molecule has 2 atom stereocenters. The Kier molecular flexibility index (Phi) is 4.66. The van der Waals surface area contributed by atoms with E-state index >= 15 is 0 Å². The summed E-state index contributed by atoms with van der Waals surface area (Å²) in [6.45, 7) is 4.95. The molecule has 5 nitrogen and oxygen atoms in total. The third-order valence-corrected chi connectivity index (χ3v) is 3.31. The number of nitrogens with two attached hydrogens (primary N) is 1. The van der Waals surface area contributed by atoms with Gasteiger partial charge in [0.1, 0.15) is 0 Å². The largest absolute Gasteiger partial charge is 0.394 e. The zero-order chi connectivity index (χ0) is 13.0. The van der Waals surface area contributed by atoms with E-state index in [4.69, 9.17) is 15.6 Å². The van der Waals surface area contributed by atoms with E-state index in [9.17, 15) is 0 Å². The van der Waals surface area contributed by atoms with Gasteiger partial charge >= 0.3 is 0 Å². The Labute approximate surface area is 108 Å². The van der Waals surface area contributed by atoms with Crippen LogP contribution in [-0.4, -0.2) is 46.9 Å². The van der Waals surface area contributed by atoms with Crippen molar-refractivity contribution >= 4 is 0 Å². The number of rotatable bonds is 4. The van der Waals surface area contributed by atoms with Crippen molar-refractivity contribution in [3.63, 3.8) is 0 Å². The van der Waals surface area contributed by atoms with Crippen molar-refractivity contribution in [2.45, 2.75) is 32.2 Å². The highest BCUT2D eigenvalue weighted by molar-refractivity contribution is 5.16. The van der Waals surface area contributed by atoms with Crippen molar-refractivity contribution in [3.05, 3.63) is 29.6 Å². The molecule has 3 N–H and O–H groups in total. The molecule has 1 aliphatic heterocycles. The third kappa shape index (κ3) is 3.26. The molecule has 1 saturated heterocycles. The van der Waals surface area contributed by atoms with Gasteiger partial charge in [0.25, 0.3) is 0 Å². The van der Waals surface area contributed by atoms with E-state index in [-0.39, 0.29) is 12.7 Å². The Balaban J connectivity index is 2.02. The van der Waals surface area contributed by atoms with Crippen LogP contribution in [0.5, 0.6) is 0 Å². The maximum Gasteiger partial charge on any atom is 0.0933 e. The van der Waals surface area contributed by atoms with E-state index in [1.54, 1.807) is 6.20 Å². The Bertz CT molecular complexity index is 386. The number of ether oxygens (including phenoxy) is 1. The SMILES string of the molecule is CC1COC(CO)CN1Cc1ccnc(CN)c1. The van der Waals surface area contributed by atoms with Crippen molar-refractivity contribution in [3.8, 4) is 0 Å². The van der Waals surface area contributed by atoms with Gasteiger partial charge in [0.05, 0.1) is 25.0 Å². The Morgan fingerprint density at radius 3 is 3.17 bits per heavy atom. The topological polar surface area (TPSA) is 71.6 Å². The summed E-state index contributed by atoms with van der Waals surface area (Å²) in [6.07, 6.45) is 1.73. The lowest BCUT2D eigenvalue weighted by molar-refractivity contribution is -0.0805. The molecule has 1 aromatic rings. The average molecular weight is 251 g/mol. The van der Waals surface area contributed by atoms with Crippen molar-refractivity contribution in [2.24, 2.45) is 5.73 Å². The molecule has 0 spiro atoms. The Morgan fingerprint density at radius 1 is 1.61 bits per heavy atom. The smallest absolute Gasteiger partial charge is 0.0933 e. The van der Waals surface area contributed by atoms with E-state index in [0.29, 0.717) is 19.2 Å². The second kappa shape index (κ2) is 6.24. The molecule has 2 rings (SSSR count). The maximum atomic E-state index is 9.17. The van der Waals surface area contributed by atoms with Crippen LogP contribution in [0, 0.1) is 0 Å². The summed E-state index contributed by atoms with van der Waals surface area (Å²) < 4.78 is 5.53. The summed E-state index contributed by atoms with van der Waals surface area (Å²) >= 11 is 0. The number of aromatic nitrogens is 1. The van der Waals surface area contributed by atoms with Gasteiger partial charge in [0.2, 0.25) is 0 Å².